The Balaban J connectivity index is 2.34. The lowest BCUT2D eigenvalue weighted by Crippen LogP contribution is -1.95. The van der Waals surface area contributed by atoms with Crippen LogP contribution in [0.2, 0.25) is 5.15 Å². The van der Waals surface area contributed by atoms with Crippen LogP contribution in [0, 0.1) is 18.3 Å². The van der Waals surface area contributed by atoms with Crippen LogP contribution in [0.1, 0.15) is 11.1 Å². The third kappa shape index (κ3) is 2.36. The summed E-state index contributed by atoms with van der Waals surface area (Å²) in [6.45, 7) is 2.01. The molecule has 5 heteroatoms. The van der Waals surface area contributed by atoms with Gasteiger partial charge in [0.25, 0.3) is 0 Å². The summed E-state index contributed by atoms with van der Waals surface area (Å²) in [7, 11) is 1.57. The van der Waals surface area contributed by atoms with Crippen LogP contribution in [0.5, 0.6) is 5.75 Å². The van der Waals surface area contributed by atoms with Gasteiger partial charge in [0.05, 0.1) is 18.7 Å². The van der Waals surface area contributed by atoms with Crippen LogP contribution >= 0.6 is 11.6 Å². The number of ether oxygens (including phenoxy) is 1. The van der Waals surface area contributed by atoms with E-state index in [1.54, 1.807) is 19.2 Å². The van der Waals surface area contributed by atoms with Gasteiger partial charge in [-0.15, -0.1) is 10.2 Å². The van der Waals surface area contributed by atoms with Gasteiger partial charge in [0.15, 0.2) is 5.15 Å². The number of nitriles is 1. The lowest BCUT2D eigenvalue weighted by Gasteiger charge is -2.11. The monoisotopic (exact) mass is 309 g/mol. The third-order valence-corrected chi connectivity index (χ3v) is 3.76. The second kappa shape index (κ2) is 5.63. The summed E-state index contributed by atoms with van der Waals surface area (Å²) >= 11 is 6.14. The van der Waals surface area contributed by atoms with E-state index in [2.05, 4.69) is 16.3 Å². The van der Waals surface area contributed by atoms with Crippen LogP contribution in [-0.4, -0.2) is 17.3 Å². The quantitative estimate of drug-likeness (QED) is 0.714. The number of hydrogen-bond acceptors (Lipinski definition) is 4. The van der Waals surface area contributed by atoms with Crippen molar-refractivity contribution in [2.24, 2.45) is 0 Å². The number of halogens is 1. The van der Waals surface area contributed by atoms with E-state index in [4.69, 9.17) is 21.6 Å². The highest BCUT2D eigenvalue weighted by molar-refractivity contribution is 6.34. The van der Waals surface area contributed by atoms with Crippen molar-refractivity contribution in [1.82, 2.24) is 10.2 Å². The van der Waals surface area contributed by atoms with E-state index < -0.39 is 0 Å². The standard InChI is InChI=1S/C17H12ClN3O/c1-10-3-5-12-14(7-10)16(20-21-17(12)18)13-6-4-11(9-19)8-15(13)22-2/h3-8H,1-2H3. The maximum Gasteiger partial charge on any atom is 0.159 e. The average Bonchev–Trinajstić information content (AvgIpc) is 2.54. The minimum absolute atomic E-state index is 0.367. The molecule has 0 unspecified atom stereocenters. The number of methoxy groups -OCH3 is 1. The summed E-state index contributed by atoms with van der Waals surface area (Å²) in [6.07, 6.45) is 0. The van der Waals surface area contributed by atoms with Crippen LogP contribution < -0.4 is 4.74 Å². The predicted octanol–water partition coefficient (Wildman–Crippen LogP) is 4.14. The second-order valence-corrected chi connectivity index (χ2v) is 5.27. The molecule has 0 atom stereocenters. The molecule has 4 nitrogen and oxygen atoms in total. The summed E-state index contributed by atoms with van der Waals surface area (Å²) in [6, 6.07) is 13.3. The van der Waals surface area contributed by atoms with Gasteiger partial charge < -0.3 is 4.74 Å². The molecule has 0 aliphatic carbocycles. The Hall–Kier alpha value is -2.64. The van der Waals surface area contributed by atoms with E-state index in [1.165, 1.54) is 0 Å². The first-order valence-electron chi connectivity index (χ1n) is 6.65. The van der Waals surface area contributed by atoms with Crippen molar-refractivity contribution >= 4 is 22.4 Å². The maximum absolute atomic E-state index is 9.01. The molecule has 0 amide bonds. The number of aryl methyl sites for hydroxylation is 1. The Labute approximate surface area is 132 Å². The molecular formula is C17H12ClN3O. The van der Waals surface area contributed by atoms with Crippen molar-refractivity contribution in [2.75, 3.05) is 7.11 Å². The van der Waals surface area contributed by atoms with Crippen molar-refractivity contribution in [1.29, 1.82) is 5.26 Å². The van der Waals surface area contributed by atoms with E-state index in [1.807, 2.05) is 31.2 Å². The molecule has 3 aromatic rings. The van der Waals surface area contributed by atoms with E-state index >= 15 is 0 Å². The predicted molar refractivity (Wildman–Crippen MR) is 86.0 cm³/mol. The van der Waals surface area contributed by atoms with Gasteiger partial charge in [-0.05, 0) is 31.2 Å². The van der Waals surface area contributed by atoms with Gasteiger partial charge >= 0.3 is 0 Å². The van der Waals surface area contributed by atoms with Crippen molar-refractivity contribution < 1.29 is 4.74 Å². The molecule has 0 saturated heterocycles. The first-order valence-corrected chi connectivity index (χ1v) is 7.03. The first-order chi connectivity index (χ1) is 10.6. The zero-order valence-electron chi connectivity index (χ0n) is 12.1. The van der Waals surface area contributed by atoms with Crippen molar-refractivity contribution in [2.45, 2.75) is 6.92 Å². The Bertz CT molecular complexity index is 916. The highest BCUT2D eigenvalue weighted by Gasteiger charge is 2.14. The topological polar surface area (TPSA) is 58.8 Å². The molecule has 22 heavy (non-hydrogen) atoms. The minimum atomic E-state index is 0.367. The molecule has 0 bridgehead atoms. The minimum Gasteiger partial charge on any atom is -0.496 e. The Morgan fingerprint density at radius 3 is 2.64 bits per heavy atom. The molecule has 0 N–H and O–H groups in total. The molecule has 0 aliphatic heterocycles. The molecule has 0 radical (unpaired) electrons. The second-order valence-electron chi connectivity index (χ2n) is 4.92. The van der Waals surface area contributed by atoms with Gasteiger partial charge in [0.2, 0.25) is 0 Å². The van der Waals surface area contributed by atoms with Crippen LogP contribution in [0.25, 0.3) is 22.0 Å². The molecule has 1 aromatic heterocycles. The zero-order valence-corrected chi connectivity index (χ0v) is 12.8. The van der Waals surface area contributed by atoms with Gasteiger partial charge in [-0.2, -0.15) is 5.26 Å². The number of aromatic nitrogens is 2. The van der Waals surface area contributed by atoms with Crippen molar-refractivity contribution in [3.8, 4) is 23.1 Å². The van der Waals surface area contributed by atoms with Crippen LogP contribution in [0.4, 0.5) is 0 Å². The Kier molecular flexibility index (Phi) is 3.66. The van der Waals surface area contributed by atoms with Crippen LogP contribution in [-0.2, 0) is 0 Å². The lowest BCUT2D eigenvalue weighted by molar-refractivity contribution is 0.416. The van der Waals surface area contributed by atoms with Gasteiger partial charge in [-0.25, -0.2) is 0 Å². The number of rotatable bonds is 2. The Morgan fingerprint density at radius 1 is 1.09 bits per heavy atom. The normalized spacial score (nSPS) is 10.5. The van der Waals surface area contributed by atoms with Gasteiger partial charge in [0, 0.05) is 16.3 Å². The van der Waals surface area contributed by atoms with Gasteiger partial charge in [-0.3, -0.25) is 0 Å². The molecule has 0 spiro atoms. The summed E-state index contributed by atoms with van der Waals surface area (Å²) in [4.78, 5) is 0. The van der Waals surface area contributed by atoms with E-state index in [9.17, 15) is 0 Å². The molecular weight excluding hydrogens is 298 g/mol. The molecule has 3 rings (SSSR count). The fraction of sp³-hybridized carbons (Fsp3) is 0.118. The fourth-order valence-electron chi connectivity index (χ4n) is 2.39. The number of hydrogen-bond donors (Lipinski definition) is 0. The first kappa shape index (κ1) is 14.3. The molecule has 0 fully saturated rings. The summed E-state index contributed by atoms with van der Waals surface area (Å²) in [5, 5.41) is 19.4. The zero-order chi connectivity index (χ0) is 15.7. The lowest BCUT2D eigenvalue weighted by atomic mass is 10.0. The summed E-state index contributed by atoms with van der Waals surface area (Å²) in [5.41, 5.74) is 3.10. The highest BCUT2D eigenvalue weighted by Crippen LogP contribution is 2.35. The molecule has 2 aromatic carbocycles. The van der Waals surface area contributed by atoms with E-state index in [0.29, 0.717) is 22.2 Å². The van der Waals surface area contributed by atoms with Gasteiger partial charge in [0.1, 0.15) is 11.4 Å². The van der Waals surface area contributed by atoms with Crippen molar-refractivity contribution in [3.63, 3.8) is 0 Å². The van der Waals surface area contributed by atoms with Crippen LogP contribution in [0.15, 0.2) is 36.4 Å². The molecule has 108 valence electrons. The molecule has 0 saturated carbocycles. The van der Waals surface area contributed by atoms with E-state index in [0.717, 1.165) is 21.9 Å². The molecule has 0 aliphatic rings. The largest absolute Gasteiger partial charge is 0.496 e. The maximum atomic E-state index is 9.01. The van der Waals surface area contributed by atoms with Gasteiger partial charge in [-0.1, -0.05) is 29.3 Å². The summed E-state index contributed by atoms with van der Waals surface area (Å²) in [5.74, 6) is 0.582. The van der Waals surface area contributed by atoms with E-state index in [-0.39, 0.29) is 0 Å². The Morgan fingerprint density at radius 2 is 1.91 bits per heavy atom. The number of nitrogens with zero attached hydrogens (tertiary/aromatic N) is 3. The fourth-order valence-corrected chi connectivity index (χ4v) is 2.59. The molecule has 1 heterocycles. The average molecular weight is 310 g/mol. The van der Waals surface area contributed by atoms with Crippen LogP contribution in [0.3, 0.4) is 0 Å². The highest BCUT2D eigenvalue weighted by atomic mass is 35.5. The smallest absolute Gasteiger partial charge is 0.159 e. The summed E-state index contributed by atoms with van der Waals surface area (Å²) < 4.78 is 5.40. The number of fused-ring (bicyclic) bond motifs is 1. The SMILES string of the molecule is COc1cc(C#N)ccc1-c1nnc(Cl)c2ccc(C)cc12. The third-order valence-electron chi connectivity index (χ3n) is 3.48. The number of benzene rings is 2. The van der Waals surface area contributed by atoms with Crippen molar-refractivity contribution in [3.05, 3.63) is 52.7 Å².